The van der Waals surface area contributed by atoms with Crippen molar-refractivity contribution in [1.29, 1.82) is 10.8 Å². The van der Waals surface area contributed by atoms with Crippen molar-refractivity contribution >= 4 is 112 Å². The van der Waals surface area contributed by atoms with Crippen molar-refractivity contribution in [3.63, 3.8) is 0 Å². The van der Waals surface area contributed by atoms with Crippen LogP contribution in [0.2, 0.25) is 0 Å². The molecule has 37 heteroatoms. The first-order chi connectivity index (χ1) is 52.4. The molecule has 14 amide bonds. The van der Waals surface area contributed by atoms with Gasteiger partial charge in [-0.05, 0) is 85.7 Å². The van der Waals surface area contributed by atoms with E-state index in [4.69, 9.17) is 28.0 Å². The van der Waals surface area contributed by atoms with Gasteiger partial charge in [0, 0.05) is 38.2 Å². The molecule has 2 aliphatic heterocycles. The quantitative estimate of drug-likeness (QED) is 0.0280. The smallest absolute Gasteiger partial charge is 0.305 e. The molecule has 2 aliphatic rings. The van der Waals surface area contributed by atoms with Crippen LogP contribution in [0.15, 0.2) is 60.7 Å². The highest BCUT2D eigenvalue weighted by molar-refractivity contribution is 8.00. The third kappa shape index (κ3) is 31.7. The summed E-state index contributed by atoms with van der Waals surface area (Å²) in [6.07, 6.45) is -0.877. The Morgan fingerprint density at radius 2 is 0.928 bits per heavy atom. The summed E-state index contributed by atoms with van der Waals surface area (Å²) in [5.41, 5.74) is 17.7. The van der Waals surface area contributed by atoms with Crippen LogP contribution in [0.1, 0.15) is 145 Å². The highest BCUT2D eigenvalue weighted by atomic mass is 32.2. The Balaban J connectivity index is 1.92. The largest absolute Gasteiger partial charge is 0.481 e. The number of nitrogens with zero attached hydrogens (tertiary/aromatic N) is 1. The number of carbonyl (C=O) groups excluding carboxylic acids is 14. The van der Waals surface area contributed by atoms with E-state index in [-0.39, 0.29) is 95.5 Å². The van der Waals surface area contributed by atoms with Crippen LogP contribution in [0, 0.1) is 40.4 Å². The van der Waals surface area contributed by atoms with E-state index in [0.29, 0.717) is 17.5 Å². The Labute approximate surface area is 651 Å². The van der Waals surface area contributed by atoms with Crippen LogP contribution in [-0.2, 0) is 84.8 Å². The third-order valence-corrected chi connectivity index (χ3v) is 20.0. The van der Waals surface area contributed by atoms with E-state index in [9.17, 15) is 72.2 Å². The molecule has 2 aromatic rings. The Kier molecular flexibility index (Phi) is 39.1. The lowest BCUT2D eigenvalue weighted by Gasteiger charge is -2.32. The van der Waals surface area contributed by atoms with Gasteiger partial charge in [-0.2, -0.15) is 0 Å². The van der Waals surface area contributed by atoms with E-state index in [0.717, 1.165) is 11.8 Å². The average Bonchev–Trinajstić information content (AvgIpc) is 1.76. The van der Waals surface area contributed by atoms with Gasteiger partial charge in [-0.15, -0.1) is 11.8 Å². The number of aliphatic carboxylic acids is 1. The van der Waals surface area contributed by atoms with Gasteiger partial charge in [-0.25, -0.2) is 0 Å². The van der Waals surface area contributed by atoms with Crippen LogP contribution in [0.5, 0.6) is 0 Å². The number of hydrogen-bond acceptors (Lipinski definition) is 18. The number of fused-ring (bicyclic) bond motifs is 1. The van der Waals surface area contributed by atoms with Crippen molar-refractivity contribution in [2.75, 3.05) is 37.7 Å². The summed E-state index contributed by atoms with van der Waals surface area (Å²) in [7, 11) is 0. The molecular weight excluding hydrogens is 1460 g/mol. The molecule has 614 valence electrons. The number of rotatable bonds is 25. The predicted octanol–water partition coefficient (Wildman–Crippen LogP) is -2.40. The first-order valence-electron chi connectivity index (χ1n) is 37.7. The minimum Gasteiger partial charge on any atom is -0.481 e. The minimum absolute atomic E-state index is 0.00677. The number of benzene rings is 2. The summed E-state index contributed by atoms with van der Waals surface area (Å²) in [5.74, 6) is -18.7. The molecule has 2 aromatic carbocycles. The summed E-state index contributed by atoms with van der Waals surface area (Å²) >= 11 is 0.862. The molecule has 4 rings (SSSR count). The molecule has 0 saturated carbocycles. The molecule has 14 atom stereocenters. The fourth-order valence-electron chi connectivity index (χ4n) is 12.4. The van der Waals surface area contributed by atoms with Crippen LogP contribution in [0.25, 0.3) is 0 Å². The molecule has 0 unspecified atom stereocenters. The molecule has 0 bridgehead atoms. The Morgan fingerprint density at radius 3 is 1.42 bits per heavy atom. The van der Waals surface area contributed by atoms with Gasteiger partial charge < -0.3 is 102 Å². The fourth-order valence-corrected chi connectivity index (χ4v) is 13.2. The molecule has 2 heterocycles. The van der Waals surface area contributed by atoms with Crippen molar-refractivity contribution in [2.45, 2.75) is 219 Å². The van der Waals surface area contributed by atoms with Crippen LogP contribution in [0.4, 0.5) is 0 Å². The number of carboxylic acids is 1. The van der Waals surface area contributed by atoms with Gasteiger partial charge in [-0.3, -0.25) is 82.7 Å². The maximum atomic E-state index is 15.1. The summed E-state index contributed by atoms with van der Waals surface area (Å²) in [5, 5.41) is 62.7. The molecule has 2 saturated heterocycles. The molecule has 111 heavy (non-hydrogen) atoms. The Morgan fingerprint density at radius 1 is 0.514 bits per heavy atom. The maximum Gasteiger partial charge on any atom is 0.305 e. The van der Waals surface area contributed by atoms with Crippen LogP contribution in [-0.4, -0.2) is 221 Å². The number of amides is 14. The van der Waals surface area contributed by atoms with Gasteiger partial charge in [0.15, 0.2) is 11.9 Å². The number of thioether (sulfide) groups is 1. The highest BCUT2D eigenvalue weighted by Gasteiger charge is 2.43. The highest BCUT2D eigenvalue weighted by Crippen LogP contribution is 2.23. The number of nitrogens with two attached hydrogens (primary N) is 3. The first kappa shape index (κ1) is 92.8. The predicted molar refractivity (Wildman–Crippen MR) is 414 cm³/mol. The monoisotopic (exact) mass is 1570 g/mol. The summed E-state index contributed by atoms with van der Waals surface area (Å²) < 4.78 is 0. The van der Waals surface area contributed by atoms with Crippen molar-refractivity contribution in [3.05, 3.63) is 71.8 Å². The SMILES string of the molecule is CC[C@H](C)[C@@H]1NC(=O)[C@H](CC(C)C)NC(=O)[C@H](Cc2ccccc2)NC(=O)CSC[C@@H](C(=O)NCC(N)=O)NC(=O)[C@@H]2CCCN2C(=O)[C@H](Cc2ccccc2)NC(=O)[C@H](C(C)C)NC(=O)[C@H](CCCNC(=N)N)NC(=O)[C@H](CC(=O)O)NC(=O)[C@H](CCCNC(=N)N)NC(=O)[C@H]([C@@H](C)CC)NC(=O)[C@H](C(C)C)NC1=O. The second kappa shape index (κ2) is 46.8. The van der Waals surface area contributed by atoms with Gasteiger partial charge in [0.2, 0.25) is 82.7 Å². The van der Waals surface area contributed by atoms with Crippen molar-refractivity contribution in [1.82, 2.24) is 79.3 Å². The lowest BCUT2D eigenvalue weighted by molar-refractivity contribution is -0.142. The molecule has 23 N–H and O–H groups in total. The molecule has 0 radical (unpaired) electrons. The minimum atomic E-state index is -1.98. The second-order valence-corrected chi connectivity index (χ2v) is 30.2. The zero-order valence-electron chi connectivity index (χ0n) is 65.0. The number of carbonyl (C=O) groups is 15. The number of carboxylic acid groups (broad SMARTS) is 1. The van der Waals surface area contributed by atoms with E-state index in [1.54, 1.807) is 130 Å². The summed E-state index contributed by atoms with van der Waals surface area (Å²) in [6.45, 7) is 16.1. The molecule has 0 aliphatic carbocycles. The van der Waals surface area contributed by atoms with E-state index in [1.807, 2.05) is 0 Å². The Bertz CT molecular complexity index is 3560. The van der Waals surface area contributed by atoms with Crippen molar-refractivity contribution < 1.29 is 77.0 Å². The van der Waals surface area contributed by atoms with Crippen molar-refractivity contribution in [2.24, 2.45) is 46.8 Å². The standard InChI is InChI=1S/C74H116N20O16S/c1-11-42(9)59-70(108)85-46(26-19-29-80-73(76)77)62(100)87-50(35-56(97)98)65(103)84-47(27-20-30-81-74(78)79)63(101)90-57(40(5)6)68(106)88-51(34-45-24-17-14-18-25-45)72(110)94-31-21-28-53(94)67(105)89-52(61(99)82-36-54(75)95)37-111-38-55(96)83-49(33-44-22-15-13-16-23-44)64(102)86-48(32-39(3)4)66(104)92-60(43(10)12-2)71(109)91-58(41(7)8)69(107)93-59/h13-18,22-25,39-43,46-53,57-60H,11-12,19-21,26-38H2,1-10H3,(H2,75,95)(H,82,99)(H,83,96)(H,84,103)(H,85,108)(H,86,102)(H,87,100)(H,88,106)(H,89,105)(H,90,101)(H,91,109)(H,92,104)(H,93,107)(H,97,98)(H4,76,77,80)(H4,78,79,81)/t42-,43-,46-,47-,48-,49-,50-,51-,52-,53-,57-,58-,59-,60-/m0/s1. The summed E-state index contributed by atoms with van der Waals surface area (Å²) in [4.78, 5) is 216. The zero-order chi connectivity index (χ0) is 82.8. The van der Waals surface area contributed by atoms with E-state index in [1.165, 1.54) is 4.90 Å². The molecule has 36 nitrogen and oxygen atoms in total. The molecule has 2 fully saturated rings. The van der Waals surface area contributed by atoms with Crippen LogP contribution in [0.3, 0.4) is 0 Å². The summed E-state index contributed by atoms with van der Waals surface area (Å²) in [6, 6.07) is -0.572. The van der Waals surface area contributed by atoms with Gasteiger partial charge in [0.05, 0.1) is 18.7 Å². The number of guanidine groups is 2. The van der Waals surface area contributed by atoms with E-state index >= 15 is 4.79 Å². The van der Waals surface area contributed by atoms with Crippen LogP contribution >= 0.6 is 11.8 Å². The van der Waals surface area contributed by atoms with E-state index < -0.39 is 215 Å². The fraction of sp³-hybridized carbons (Fsp3) is 0.608. The molecule has 0 spiro atoms. The average molecular weight is 1570 g/mol. The molecular formula is C74H116N20O16S. The second-order valence-electron chi connectivity index (χ2n) is 29.2. The zero-order valence-corrected chi connectivity index (χ0v) is 65.8. The number of nitrogens with one attached hydrogen (secondary N) is 16. The van der Waals surface area contributed by atoms with Gasteiger partial charge in [-0.1, -0.05) is 143 Å². The van der Waals surface area contributed by atoms with Gasteiger partial charge >= 0.3 is 5.97 Å². The lowest BCUT2D eigenvalue weighted by Crippen LogP contribution is -2.62. The molecule has 0 aromatic heterocycles. The number of primary amides is 1. The van der Waals surface area contributed by atoms with Gasteiger partial charge in [0.1, 0.15) is 72.5 Å². The maximum absolute atomic E-state index is 15.1. The van der Waals surface area contributed by atoms with Gasteiger partial charge in [0.25, 0.3) is 0 Å². The van der Waals surface area contributed by atoms with Crippen LogP contribution < -0.4 is 91.6 Å². The third-order valence-electron chi connectivity index (χ3n) is 18.9. The van der Waals surface area contributed by atoms with E-state index in [2.05, 4.69) is 74.4 Å². The lowest BCUT2D eigenvalue weighted by atomic mass is 9.94. The normalized spacial score (nSPS) is 24.6. The topological polar surface area (TPSA) is 574 Å². The van der Waals surface area contributed by atoms with Crippen molar-refractivity contribution in [3.8, 4) is 0 Å². The Hall–Kier alpha value is -10.6. The first-order valence-corrected chi connectivity index (χ1v) is 38.8. The number of hydrogen-bond donors (Lipinski definition) is 20.